The molecular weight excluding hydrogens is 833 g/mol. The van der Waals surface area contributed by atoms with E-state index >= 15 is 0 Å². The van der Waals surface area contributed by atoms with Crippen LogP contribution < -0.4 is 15.4 Å². The third-order valence-electron chi connectivity index (χ3n) is 13.1. The van der Waals surface area contributed by atoms with E-state index in [1.165, 1.54) is 28.4 Å². The van der Waals surface area contributed by atoms with E-state index in [9.17, 15) is 19.2 Å². The number of imidazole rings is 2. The molecule has 7 rings (SSSR count). The first kappa shape index (κ1) is 46.8. The molecule has 3 aromatic carbocycles. The number of nitrogens with one attached hydrogen (secondary N) is 4. The lowest BCUT2D eigenvalue weighted by Crippen LogP contribution is -2.56. The molecule has 0 spiro atoms. The monoisotopic (exact) mass is 894 g/mol. The van der Waals surface area contributed by atoms with Crippen LogP contribution in [0.5, 0.6) is 5.75 Å². The third-order valence-corrected chi connectivity index (χ3v) is 13.1. The van der Waals surface area contributed by atoms with Gasteiger partial charge >= 0.3 is 12.2 Å². The lowest BCUT2D eigenvalue weighted by Gasteiger charge is -2.35. The van der Waals surface area contributed by atoms with Crippen molar-refractivity contribution in [2.45, 2.75) is 129 Å². The normalized spacial score (nSPS) is 17.9. The number of aromatic nitrogens is 4. The van der Waals surface area contributed by atoms with Crippen molar-refractivity contribution in [3.05, 3.63) is 65.9 Å². The van der Waals surface area contributed by atoms with E-state index < -0.39 is 36.5 Å². The van der Waals surface area contributed by atoms with Crippen molar-refractivity contribution in [1.29, 1.82) is 0 Å². The maximum absolute atomic E-state index is 14.2. The molecule has 0 unspecified atom stereocenters. The Morgan fingerprint density at radius 3 is 2.29 bits per heavy atom. The van der Waals surface area contributed by atoms with Crippen LogP contribution in [0, 0.1) is 0 Å². The second kappa shape index (κ2) is 20.3. The second-order valence-electron chi connectivity index (χ2n) is 16.9. The Morgan fingerprint density at radius 1 is 0.892 bits per heavy atom. The van der Waals surface area contributed by atoms with Gasteiger partial charge in [-0.25, -0.2) is 19.6 Å². The van der Waals surface area contributed by atoms with Crippen molar-refractivity contribution in [3.8, 4) is 28.1 Å². The lowest BCUT2D eigenvalue weighted by atomic mass is 9.92. The molecule has 4 amide bonds. The fraction of sp³-hybridized carbons (Fsp3) is 0.500. The predicted octanol–water partition coefficient (Wildman–Crippen LogP) is 7.53. The van der Waals surface area contributed by atoms with Gasteiger partial charge in [0.2, 0.25) is 11.8 Å². The Hall–Kier alpha value is -6.20. The van der Waals surface area contributed by atoms with Gasteiger partial charge in [0.25, 0.3) is 0 Å². The van der Waals surface area contributed by atoms with Gasteiger partial charge in [-0.15, -0.1) is 0 Å². The molecule has 5 aromatic rings. The Bertz CT molecular complexity index is 2520. The predicted molar refractivity (Wildman–Crippen MR) is 245 cm³/mol. The van der Waals surface area contributed by atoms with Gasteiger partial charge in [0.05, 0.1) is 61.9 Å². The zero-order valence-electron chi connectivity index (χ0n) is 38.8. The number of methoxy groups -OCH3 is 4. The number of H-pyrrole nitrogens is 2. The van der Waals surface area contributed by atoms with Gasteiger partial charge in [0.15, 0.2) is 0 Å². The summed E-state index contributed by atoms with van der Waals surface area (Å²) in [5, 5.41) is 7.26. The quantitative estimate of drug-likeness (QED) is 0.0719. The summed E-state index contributed by atoms with van der Waals surface area (Å²) in [7, 11) is 5.54. The first-order chi connectivity index (χ1) is 31.4. The number of ether oxygens (including phenoxy) is 5. The van der Waals surface area contributed by atoms with Gasteiger partial charge in [-0.2, -0.15) is 0 Å². The zero-order chi connectivity index (χ0) is 46.5. The number of likely N-dealkylation sites (tertiary alicyclic amines) is 1. The largest absolute Gasteiger partial charge is 0.488 e. The highest BCUT2D eigenvalue weighted by Crippen LogP contribution is 2.43. The van der Waals surface area contributed by atoms with Crippen LogP contribution in [0.25, 0.3) is 44.2 Å². The summed E-state index contributed by atoms with van der Waals surface area (Å²) in [6.45, 7) is 10.2. The summed E-state index contributed by atoms with van der Waals surface area (Å²) in [5.74, 6) is 1.52. The minimum atomic E-state index is -0.958. The standard InChI is InChI=1S/C48H62N8O9/c1-10-13-31(11-2)55(45(57)41(26(4)61-6)53-47(59)63-8)24-40-50-36-18-15-28-21-35-33-17-14-29(20-30(33)25-65-39(35)22-34(28)43(36)52-40)37-23-49-44(51-37)38-19-16-32(12-3)56(38)46(58)42(27(5)62-7)54-48(60)64-9/h14-15,17-18,20-23,26-27,31-32,38,41-42H,10-13,16,19,24-25H2,1-9H3,(H,49,51)(H,50,52)(H,53,59)(H,54,60)/t26-,27-,31+,32+,38+,41+,42+/m1/s1. The van der Waals surface area contributed by atoms with Crippen molar-refractivity contribution in [2.24, 2.45) is 0 Å². The molecule has 4 heterocycles. The van der Waals surface area contributed by atoms with E-state index in [-0.39, 0.29) is 36.5 Å². The number of rotatable bonds is 17. The average molecular weight is 895 g/mol. The van der Waals surface area contributed by atoms with Crippen molar-refractivity contribution in [3.63, 3.8) is 0 Å². The number of benzene rings is 3. The van der Waals surface area contributed by atoms with Gasteiger partial charge in [-0.05, 0) is 92.3 Å². The van der Waals surface area contributed by atoms with Crippen LogP contribution >= 0.6 is 0 Å². The zero-order valence-corrected chi connectivity index (χ0v) is 38.8. The number of amides is 4. The highest BCUT2D eigenvalue weighted by Gasteiger charge is 2.43. The van der Waals surface area contributed by atoms with Crippen molar-refractivity contribution < 1.29 is 42.9 Å². The fourth-order valence-corrected chi connectivity index (χ4v) is 9.32. The third kappa shape index (κ3) is 9.48. The smallest absolute Gasteiger partial charge is 0.407 e. The Morgan fingerprint density at radius 2 is 1.62 bits per heavy atom. The summed E-state index contributed by atoms with van der Waals surface area (Å²) in [5.41, 5.74) is 6.39. The molecule has 7 atom stereocenters. The molecule has 2 aromatic heterocycles. The summed E-state index contributed by atoms with van der Waals surface area (Å²) in [6, 6.07) is 12.2. The molecule has 2 aliphatic rings. The molecule has 2 aliphatic heterocycles. The number of nitrogens with zero attached hydrogens (tertiary/aromatic N) is 4. The van der Waals surface area contributed by atoms with Crippen molar-refractivity contribution >= 4 is 45.8 Å². The van der Waals surface area contributed by atoms with E-state index in [1.54, 1.807) is 24.9 Å². The molecule has 1 fully saturated rings. The fourth-order valence-electron chi connectivity index (χ4n) is 9.32. The number of alkyl carbamates (subject to hydrolysis) is 2. The summed E-state index contributed by atoms with van der Waals surface area (Å²) in [4.78, 5) is 73.4. The molecule has 17 heteroatoms. The van der Waals surface area contributed by atoms with Gasteiger partial charge < -0.3 is 54.1 Å². The molecule has 348 valence electrons. The lowest BCUT2D eigenvalue weighted by molar-refractivity contribution is -0.140. The van der Waals surface area contributed by atoms with Crippen molar-refractivity contribution in [2.75, 3.05) is 28.4 Å². The van der Waals surface area contributed by atoms with Crippen LogP contribution in [-0.4, -0.2) is 119 Å². The number of carbonyl (C=O) groups excluding carboxylic acids is 4. The van der Waals surface area contributed by atoms with E-state index in [4.69, 9.17) is 33.7 Å². The van der Waals surface area contributed by atoms with Crippen molar-refractivity contribution in [1.82, 2.24) is 40.4 Å². The summed E-state index contributed by atoms with van der Waals surface area (Å²) < 4.78 is 27.1. The highest BCUT2D eigenvalue weighted by atomic mass is 16.5. The molecule has 0 aliphatic carbocycles. The minimum Gasteiger partial charge on any atom is -0.488 e. The summed E-state index contributed by atoms with van der Waals surface area (Å²) >= 11 is 0. The van der Waals surface area contributed by atoms with E-state index in [0.717, 1.165) is 94.0 Å². The van der Waals surface area contributed by atoms with Gasteiger partial charge in [-0.1, -0.05) is 45.4 Å². The average Bonchev–Trinajstić information content (AvgIpc) is 4.10. The molecule has 1 saturated heterocycles. The molecule has 0 saturated carbocycles. The summed E-state index contributed by atoms with van der Waals surface area (Å²) in [6.07, 6.45) is 3.86. The minimum absolute atomic E-state index is 0.0260. The van der Waals surface area contributed by atoms with Crippen LogP contribution in [0.2, 0.25) is 0 Å². The number of hydrogen-bond donors (Lipinski definition) is 4. The maximum Gasteiger partial charge on any atom is 0.407 e. The first-order valence-electron chi connectivity index (χ1n) is 22.5. The van der Waals surface area contributed by atoms with Gasteiger partial charge in [0.1, 0.15) is 36.1 Å². The second-order valence-corrected chi connectivity index (χ2v) is 16.9. The van der Waals surface area contributed by atoms with E-state index in [1.807, 2.05) is 17.0 Å². The molecule has 0 bridgehead atoms. The van der Waals surface area contributed by atoms with Crippen LogP contribution in [0.15, 0.2) is 48.7 Å². The molecular formula is C48H62N8O9. The van der Waals surface area contributed by atoms with Crippen LogP contribution in [0.3, 0.4) is 0 Å². The highest BCUT2D eigenvalue weighted by molar-refractivity contribution is 6.07. The van der Waals surface area contributed by atoms with Crippen LogP contribution in [-0.2, 0) is 41.7 Å². The number of carbonyl (C=O) groups is 4. The number of fused-ring (bicyclic) bond motifs is 6. The van der Waals surface area contributed by atoms with Crippen LogP contribution in [0.4, 0.5) is 9.59 Å². The SMILES string of the molecule is CCC[C@H](CC)N(Cc1nc2c(ccc3cc4c(cc32)OCc2cc(-c3cnc([C@@H]5CC[C@H](CC)N5C(=O)[C@@H](NC(=O)OC)[C@@H](C)OC)[nH]3)ccc2-4)[nH]1)C(=O)[C@@H](NC(=O)OC)[C@@H](C)OC. The van der Waals surface area contributed by atoms with Gasteiger partial charge in [-0.3, -0.25) is 9.59 Å². The topological polar surface area (TPSA) is 202 Å². The van der Waals surface area contributed by atoms with E-state index in [0.29, 0.717) is 18.3 Å². The number of hydrogen-bond acceptors (Lipinski definition) is 11. The molecule has 4 N–H and O–H groups in total. The van der Waals surface area contributed by atoms with E-state index in [2.05, 4.69) is 71.7 Å². The first-order valence-corrected chi connectivity index (χ1v) is 22.5. The van der Waals surface area contributed by atoms with Crippen LogP contribution in [0.1, 0.15) is 96.4 Å². The van der Waals surface area contributed by atoms with Gasteiger partial charge in [0, 0.05) is 37.3 Å². The Labute approximate surface area is 379 Å². The Kier molecular flexibility index (Phi) is 14.6. The Balaban J connectivity index is 1.15. The molecule has 65 heavy (non-hydrogen) atoms. The molecule has 17 nitrogen and oxygen atoms in total. The molecule has 0 radical (unpaired) electrons. The number of aromatic amines is 2. The maximum atomic E-state index is 14.2.